The lowest BCUT2D eigenvalue weighted by atomic mass is 9.89. The summed E-state index contributed by atoms with van der Waals surface area (Å²) >= 11 is 0. The zero-order valence-corrected chi connectivity index (χ0v) is 8.74. The molecule has 78 valence electrons. The fourth-order valence-electron chi connectivity index (χ4n) is 2.92. The number of hydrogen-bond acceptors (Lipinski definition) is 2. The van der Waals surface area contributed by atoms with Crippen molar-refractivity contribution in [3.05, 3.63) is 12.2 Å². The van der Waals surface area contributed by atoms with E-state index in [1.165, 1.54) is 25.7 Å². The first kappa shape index (κ1) is 9.75. The molecule has 0 heterocycles. The van der Waals surface area contributed by atoms with E-state index >= 15 is 0 Å². The topological polar surface area (TPSA) is 26.3 Å². The molecule has 2 rings (SSSR count). The van der Waals surface area contributed by atoms with Gasteiger partial charge in [0, 0.05) is 6.08 Å². The van der Waals surface area contributed by atoms with Gasteiger partial charge in [0.05, 0.1) is 6.61 Å². The van der Waals surface area contributed by atoms with Gasteiger partial charge in [-0.25, -0.2) is 4.79 Å². The fraction of sp³-hybridized carbons (Fsp3) is 0.750. The molecule has 0 aromatic heterocycles. The van der Waals surface area contributed by atoms with Crippen molar-refractivity contribution >= 4 is 5.97 Å². The molecule has 2 bridgehead atoms. The van der Waals surface area contributed by atoms with Crippen LogP contribution in [0, 0.1) is 17.8 Å². The van der Waals surface area contributed by atoms with Crippen molar-refractivity contribution in [2.75, 3.05) is 6.61 Å². The summed E-state index contributed by atoms with van der Waals surface area (Å²) in [4.78, 5) is 11.1. The lowest BCUT2D eigenvalue weighted by molar-refractivity contribution is -0.137. The third-order valence-electron chi connectivity index (χ3n) is 3.56. The molecule has 2 aliphatic carbocycles. The van der Waals surface area contributed by atoms with Crippen LogP contribution < -0.4 is 0 Å². The Morgan fingerprint density at radius 3 is 2.86 bits per heavy atom. The number of carbonyl (C=O) groups excluding carboxylic acids is 1. The minimum Gasteiger partial charge on any atom is -0.463 e. The zero-order valence-electron chi connectivity index (χ0n) is 8.74. The van der Waals surface area contributed by atoms with Crippen LogP contribution in [0.1, 0.15) is 32.6 Å². The Labute approximate surface area is 85.3 Å². The van der Waals surface area contributed by atoms with Crippen molar-refractivity contribution in [1.29, 1.82) is 0 Å². The van der Waals surface area contributed by atoms with Crippen LogP contribution in [0.25, 0.3) is 0 Å². The highest BCUT2D eigenvalue weighted by atomic mass is 16.5. The van der Waals surface area contributed by atoms with Crippen molar-refractivity contribution < 1.29 is 9.53 Å². The predicted molar refractivity (Wildman–Crippen MR) is 54.7 cm³/mol. The highest BCUT2D eigenvalue weighted by Crippen LogP contribution is 2.48. The SMILES string of the molecule is CCOC(=O)/C=C/[C@@H]1C[C@H]2CC[C@@H]1C2. The van der Waals surface area contributed by atoms with Gasteiger partial charge in [0.2, 0.25) is 0 Å². The molecule has 2 heteroatoms. The van der Waals surface area contributed by atoms with Gasteiger partial charge >= 0.3 is 5.97 Å². The molecule has 2 nitrogen and oxygen atoms in total. The van der Waals surface area contributed by atoms with Gasteiger partial charge in [-0.05, 0) is 43.9 Å². The molecular formula is C12H18O2. The van der Waals surface area contributed by atoms with E-state index in [0.717, 1.165) is 11.8 Å². The minimum atomic E-state index is -0.185. The maximum atomic E-state index is 11.1. The Morgan fingerprint density at radius 1 is 1.43 bits per heavy atom. The van der Waals surface area contributed by atoms with E-state index in [2.05, 4.69) is 6.08 Å². The van der Waals surface area contributed by atoms with E-state index in [4.69, 9.17) is 4.74 Å². The highest BCUT2D eigenvalue weighted by Gasteiger charge is 2.37. The number of carbonyl (C=O) groups is 1. The molecule has 2 fully saturated rings. The van der Waals surface area contributed by atoms with Gasteiger partial charge in [0.15, 0.2) is 0 Å². The number of esters is 1. The molecule has 2 saturated carbocycles. The molecule has 0 aromatic carbocycles. The number of allylic oxidation sites excluding steroid dienone is 1. The van der Waals surface area contributed by atoms with E-state index in [1.54, 1.807) is 6.08 Å². The number of hydrogen-bond donors (Lipinski definition) is 0. The molecule has 0 spiro atoms. The number of ether oxygens (including phenoxy) is 1. The Bertz CT molecular complexity index is 245. The molecule has 2 aliphatic rings. The van der Waals surface area contributed by atoms with Crippen molar-refractivity contribution in [2.24, 2.45) is 17.8 Å². The van der Waals surface area contributed by atoms with Crippen LogP contribution in [0.4, 0.5) is 0 Å². The Kier molecular flexibility index (Phi) is 2.90. The van der Waals surface area contributed by atoms with Crippen LogP contribution in [-0.2, 0) is 9.53 Å². The van der Waals surface area contributed by atoms with Crippen molar-refractivity contribution in [3.63, 3.8) is 0 Å². The highest BCUT2D eigenvalue weighted by molar-refractivity contribution is 5.81. The summed E-state index contributed by atoms with van der Waals surface area (Å²) in [6.45, 7) is 2.31. The molecule has 0 amide bonds. The van der Waals surface area contributed by atoms with Crippen molar-refractivity contribution in [3.8, 4) is 0 Å². The Hall–Kier alpha value is -0.790. The Balaban J connectivity index is 1.83. The van der Waals surface area contributed by atoms with Crippen LogP contribution >= 0.6 is 0 Å². The lowest BCUT2D eigenvalue weighted by Crippen LogP contribution is -2.08. The standard InChI is InChI=1S/C12H18O2/c1-2-14-12(13)6-5-11-8-9-3-4-10(11)7-9/h5-6,9-11H,2-4,7-8H2,1H3/b6-5+/t9-,10+,11+/m0/s1. The second-order valence-electron chi connectivity index (χ2n) is 4.45. The van der Waals surface area contributed by atoms with Gasteiger partial charge in [-0.15, -0.1) is 0 Å². The van der Waals surface area contributed by atoms with E-state index in [1.807, 2.05) is 6.92 Å². The summed E-state index contributed by atoms with van der Waals surface area (Å²) in [5.41, 5.74) is 0. The number of fused-ring (bicyclic) bond motifs is 2. The maximum Gasteiger partial charge on any atom is 0.330 e. The summed E-state index contributed by atoms with van der Waals surface area (Å²) in [5, 5.41) is 0. The van der Waals surface area contributed by atoms with Gasteiger partial charge in [0.1, 0.15) is 0 Å². The smallest absolute Gasteiger partial charge is 0.330 e. The summed E-state index contributed by atoms with van der Waals surface area (Å²) in [5.74, 6) is 2.26. The monoisotopic (exact) mass is 194 g/mol. The van der Waals surface area contributed by atoms with Gasteiger partial charge in [-0.1, -0.05) is 12.5 Å². The third kappa shape index (κ3) is 1.99. The average molecular weight is 194 g/mol. The van der Waals surface area contributed by atoms with Gasteiger partial charge in [-0.2, -0.15) is 0 Å². The molecule has 3 atom stereocenters. The van der Waals surface area contributed by atoms with Crippen LogP contribution in [0.5, 0.6) is 0 Å². The van der Waals surface area contributed by atoms with E-state index in [9.17, 15) is 4.79 Å². The molecule has 0 unspecified atom stereocenters. The molecule has 0 aliphatic heterocycles. The lowest BCUT2D eigenvalue weighted by Gasteiger charge is -2.17. The molecule has 0 N–H and O–H groups in total. The molecular weight excluding hydrogens is 176 g/mol. The Morgan fingerprint density at radius 2 is 2.29 bits per heavy atom. The van der Waals surface area contributed by atoms with Gasteiger partial charge in [-0.3, -0.25) is 0 Å². The van der Waals surface area contributed by atoms with Gasteiger partial charge in [0.25, 0.3) is 0 Å². The summed E-state index contributed by atoms with van der Waals surface area (Å²) < 4.78 is 4.86. The minimum absolute atomic E-state index is 0.185. The quantitative estimate of drug-likeness (QED) is 0.510. The summed E-state index contributed by atoms with van der Waals surface area (Å²) in [7, 11) is 0. The largest absolute Gasteiger partial charge is 0.463 e. The molecule has 0 radical (unpaired) electrons. The summed E-state index contributed by atoms with van der Waals surface area (Å²) in [6, 6.07) is 0. The first-order chi connectivity index (χ1) is 6.79. The van der Waals surface area contributed by atoms with Crippen molar-refractivity contribution in [2.45, 2.75) is 32.6 Å². The number of rotatable bonds is 3. The first-order valence-electron chi connectivity index (χ1n) is 5.64. The first-order valence-corrected chi connectivity index (χ1v) is 5.64. The van der Waals surface area contributed by atoms with E-state index in [-0.39, 0.29) is 5.97 Å². The zero-order chi connectivity index (χ0) is 9.97. The average Bonchev–Trinajstić information content (AvgIpc) is 2.76. The normalized spacial score (nSPS) is 35.4. The second-order valence-corrected chi connectivity index (χ2v) is 4.45. The fourth-order valence-corrected chi connectivity index (χ4v) is 2.92. The van der Waals surface area contributed by atoms with E-state index < -0.39 is 0 Å². The van der Waals surface area contributed by atoms with E-state index in [0.29, 0.717) is 12.5 Å². The predicted octanol–water partition coefficient (Wildman–Crippen LogP) is 2.54. The van der Waals surface area contributed by atoms with Crippen LogP contribution in [0.3, 0.4) is 0 Å². The van der Waals surface area contributed by atoms with Crippen LogP contribution in [-0.4, -0.2) is 12.6 Å². The maximum absolute atomic E-state index is 11.1. The third-order valence-corrected chi connectivity index (χ3v) is 3.56. The van der Waals surface area contributed by atoms with Crippen LogP contribution in [0.15, 0.2) is 12.2 Å². The van der Waals surface area contributed by atoms with Crippen molar-refractivity contribution in [1.82, 2.24) is 0 Å². The molecule has 0 saturated heterocycles. The molecule has 0 aromatic rings. The molecule has 14 heavy (non-hydrogen) atoms. The summed E-state index contributed by atoms with van der Waals surface area (Å²) in [6.07, 6.45) is 9.14. The van der Waals surface area contributed by atoms with Crippen LogP contribution in [0.2, 0.25) is 0 Å². The van der Waals surface area contributed by atoms with Gasteiger partial charge < -0.3 is 4.74 Å². The second kappa shape index (κ2) is 4.16.